The molecule has 0 aromatic heterocycles. The van der Waals surface area contributed by atoms with Crippen molar-refractivity contribution < 1.29 is 9.84 Å². The first-order valence-electron chi connectivity index (χ1n) is 9.70. The summed E-state index contributed by atoms with van der Waals surface area (Å²) in [6.07, 6.45) is 1.06. The first kappa shape index (κ1) is 18.5. The molecular formula is C25H25NO2. The maximum Gasteiger partial charge on any atom is 0.216 e. The highest BCUT2D eigenvalue weighted by atomic mass is 16.5. The van der Waals surface area contributed by atoms with Crippen molar-refractivity contribution in [2.24, 2.45) is 4.99 Å². The molecule has 0 amide bonds. The lowest BCUT2D eigenvalue weighted by molar-refractivity contribution is 0.00806. The number of aliphatic hydroxyl groups is 1. The molecular weight excluding hydrogens is 346 g/mol. The van der Waals surface area contributed by atoms with Gasteiger partial charge in [-0.25, -0.2) is 4.99 Å². The van der Waals surface area contributed by atoms with Crippen molar-refractivity contribution in [1.29, 1.82) is 0 Å². The van der Waals surface area contributed by atoms with Gasteiger partial charge in [-0.05, 0) is 30.2 Å². The summed E-state index contributed by atoms with van der Waals surface area (Å²) >= 11 is 0. The highest BCUT2D eigenvalue weighted by molar-refractivity contribution is 5.95. The summed E-state index contributed by atoms with van der Waals surface area (Å²) in [5.74, 6) is 0.615. The van der Waals surface area contributed by atoms with Crippen LogP contribution in [0.4, 0.5) is 0 Å². The second-order valence-corrected chi connectivity index (χ2v) is 7.56. The molecule has 3 aromatic carbocycles. The fraction of sp³-hybridized carbons (Fsp3) is 0.240. The van der Waals surface area contributed by atoms with Crippen LogP contribution >= 0.6 is 0 Å². The van der Waals surface area contributed by atoms with Crippen molar-refractivity contribution in [3.8, 4) is 0 Å². The molecule has 1 aliphatic rings. The van der Waals surface area contributed by atoms with E-state index in [4.69, 9.17) is 9.73 Å². The number of benzene rings is 3. The quantitative estimate of drug-likeness (QED) is 0.700. The monoisotopic (exact) mass is 371 g/mol. The van der Waals surface area contributed by atoms with Gasteiger partial charge in [0.25, 0.3) is 0 Å². The van der Waals surface area contributed by atoms with Crippen molar-refractivity contribution in [3.63, 3.8) is 0 Å². The van der Waals surface area contributed by atoms with Gasteiger partial charge < -0.3 is 9.84 Å². The first-order chi connectivity index (χ1) is 13.6. The largest absolute Gasteiger partial charge is 0.475 e. The van der Waals surface area contributed by atoms with E-state index < -0.39 is 5.60 Å². The zero-order valence-electron chi connectivity index (χ0n) is 16.1. The van der Waals surface area contributed by atoms with Crippen LogP contribution in [0.3, 0.4) is 0 Å². The number of aliphatic imine (C=N–C) groups is 1. The average Bonchev–Trinajstić information content (AvgIpc) is 3.21. The summed E-state index contributed by atoms with van der Waals surface area (Å²) < 4.78 is 5.90. The summed E-state index contributed by atoms with van der Waals surface area (Å²) in [6, 6.07) is 28.0. The number of rotatable bonds is 6. The van der Waals surface area contributed by atoms with E-state index in [1.807, 2.05) is 48.5 Å². The van der Waals surface area contributed by atoms with Gasteiger partial charge in [0.15, 0.2) is 0 Å². The molecule has 3 aromatic rings. The molecule has 0 saturated carbocycles. The molecule has 0 fully saturated rings. The molecule has 1 aliphatic heterocycles. The second kappa shape index (κ2) is 7.99. The van der Waals surface area contributed by atoms with Crippen LogP contribution in [0.5, 0.6) is 0 Å². The Morgan fingerprint density at radius 3 is 1.93 bits per heavy atom. The molecule has 1 heterocycles. The minimum atomic E-state index is -1.02. The third-order valence-corrected chi connectivity index (χ3v) is 5.28. The third-order valence-electron chi connectivity index (χ3n) is 5.28. The summed E-state index contributed by atoms with van der Waals surface area (Å²) in [5, 5.41) is 11.7. The van der Waals surface area contributed by atoms with Gasteiger partial charge in [-0.3, -0.25) is 0 Å². The molecule has 142 valence electrons. The normalized spacial score (nSPS) is 16.5. The highest BCUT2D eigenvalue weighted by Crippen LogP contribution is 2.29. The third kappa shape index (κ3) is 4.15. The van der Waals surface area contributed by atoms with E-state index in [-0.39, 0.29) is 6.04 Å². The maximum absolute atomic E-state index is 11.7. The Balaban J connectivity index is 1.64. The van der Waals surface area contributed by atoms with Gasteiger partial charge in [0.1, 0.15) is 12.6 Å². The molecule has 1 N–H and O–H groups in total. The van der Waals surface area contributed by atoms with Crippen molar-refractivity contribution >= 4 is 5.90 Å². The standard InChI is InChI=1S/C25H25NO2/c1-19-12-14-22(15-13-19)24-26-23(18-28-24)25(27,16-20-8-4-2-5-9-20)17-21-10-6-3-7-11-21/h2-15,23,27H,16-18H2,1H3/t23-/m0/s1. The maximum atomic E-state index is 11.7. The molecule has 0 bridgehead atoms. The van der Waals surface area contributed by atoms with E-state index in [9.17, 15) is 5.11 Å². The van der Waals surface area contributed by atoms with Crippen LogP contribution in [0.15, 0.2) is 89.9 Å². The molecule has 0 saturated heterocycles. The molecule has 1 atom stereocenters. The first-order valence-corrected chi connectivity index (χ1v) is 9.70. The molecule has 4 rings (SSSR count). The lowest BCUT2D eigenvalue weighted by atomic mass is 9.82. The van der Waals surface area contributed by atoms with Crippen molar-refractivity contribution in [2.75, 3.05) is 6.61 Å². The van der Waals surface area contributed by atoms with Crippen LogP contribution < -0.4 is 0 Å². The SMILES string of the molecule is Cc1ccc(C2=N[C@H](C(O)(Cc3ccccc3)Cc3ccccc3)CO2)cc1. The van der Waals surface area contributed by atoms with Crippen LogP contribution in [0, 0.1) is 6.92 Å². The van der Waals surface area contributed by atoms with Crippen LogP contribution in [0.2, 0.25) is 0 Å². The smallest absolute Gasteiger partial charge is 0.216 e. The summed E-state index contributed by atoms with van der Waals surface area (Å²) in [7, 11) is 0. The minimum absolute atomic E-state index is 0.316. The van der Waals surface area contributed by atoms with E-state index in [1.54, 1.807) is 0 Å². The molecule has 28 heavy (non-hydrogen) atoms. The van der Waals surface area contributed by atoms with Gasteiger partial charge in [0.2, 0.25) is 5.90 Å². The molecule has 3 nitrogen and oxygen atoms in total. The summed E-state index contributed by atoms with van der Waals surface area (Å²) in [4.78, 5) is 4.80. The Hall–Kier alpha value is -2.91. The van der Waals surface area contributed by atoms with Crippen molar-refractivity contribution in [2.45, 2.75) is 31.4 Å². The zero-order valence-corrected chi connectivity index (χ0v) is 16.1. The fourth-order valence-electron chi connectivity index (χ4n) is 3.70. The number of aryl methyl sites for hydroxylation is 1. The number of ether oxygens (including phenoxy) is 1. The predicted molar refractivity (Wildman–Crippen MR) is 113 cm³/mol. The lowest BCUT2D eigenvalue weighted by Crippen LogP contribution is -2.46. The Kier molecular flexibility index (Phi) is 5.27. The van der Waals surface area contributed by atoms with E-state index in [0.29, 0.717) is 25.3 Å². The van der Waals surface area contributed by atoms with E-state index >= 15 is 0 Å². The molecule has 0 spiro atoms. The van der Waals surface area contributed by atoms with Crippen LogP contribution in [0.25, 0.3) is 0 Å². The van der Waals surface area contributed by atoms with Gasteiger partial charge in [-0.1, -0.05) is 78.4 Å². The van der Waals surface area contributed by atoms with Crippen molar-refractivity contribution in [3.05, 3.63) is 107 Å². The van der Waals surface area contributed by atoms with Crippen LogP contribution in [-0.2, 0) is 17.6 Å². The van der Waals surface area contributed by atoms with Gasteiger partial charge >= 0.3 is 0 Å². The van der Waals surface area contributed by atoms with Gasteiger partial charge in [-0.2, -0.15) is 0 Å². The Morgan fingerprint density at radius 1 is 0.857 bits per heavy atom. The topological polar surface area (TPSA) is 41.8 Å². The van der Waals surface area contributed by atoms with E-state index in [0.717, 1.165) is 16.7 Å². The predicted octanol–water partition coefficient (Wildman–Crippen LogP) is 4.36. The molecule has 0 aliphatic carbocycles. The number of hydrogen-bond donors (Lipinski definition) is 1. The Labute approximate surface area is 166 Å². The van der Waals surface area contributed by atoms with Crippen LogP contribution in [-0.4, -0.2) is 29.3 Å². The van der Waals surface area contributed by atoms with Crippen molar-refractivity contribution in [1.82, 2.24) is 0 Å². The van der Waals surface area contributed by atoms with Gasteiger partial charge in [-0.15, -0.1) is 0 Å². The fourth-order valence-corrected chi connectivity index (χ4v) is 3.70. The van der Waals surface area contributed by atoms with E-state index in [1.165, 1.54) is 5.56 Å². The number of nitrogens with zero attached hydrogens (tertiary/aromatic N) is 1. The summed E-state index contributed by atoms with van der Waals surface area (Å²) in [6.45, 7) is 2.45. The number of hydrogen-bond acceptors (Lipinski definition) is 3. The second-order valence-electron chi connectivity index (χ2n) is 7.56. The summed E-state index contributed by atoms with van der Waals surface area (Å²) in [5.41, 5.74) is 3.33. The molecule has 0 radical (unpaired) electrons. The minimum Gasteiger partial charge on any atom is -0.475 e. The Morgan fingerprint density at radius 2 is 1.39 bits per heavy atom. The highest BCUT2D eigenvalue weighted by Gasteiger charge is 2.41. The zero-order chi connectivity index (χ0) is 19.4. The molecule has 3 heteroatoms. The van der Waals surface area contributed by atoms with Gasteiger partial charge in [0.05, 0.1) is 5.60 Å². The lowest BCUT2D eigenvalue weighted by Gasteiger charge is -2.32. The van der Waals surface area contributed by atoms with E-state index in [2.05, 4.69) is 43.3 Å². The average molecular weight is 371 g/mol. The van der Waals surface area contributed by atoms with Crippen LogP contribution in [0.1, 0.15) is 22.3 Å². The Bertz CT molecular complexity index is 892. The molecule has 0 unspecified atom stereocenters. The van der Waals surface area contributed by atoms with Gasteiger partial charge in [0, 0.05) is 18.4 Å².